The van der Waals surface area contributed by atoms with Crippen molar-refractivity contribution >= 4 is 12.4 Å². The standard InChI is InChI=1S/C9H13NO3/c1-3-8(11)13-6-9(4-2)5-12-7-10-9/h3,7H,1,4-6H2,2H3. The molecule has 13 heavy (non-hydrogen) atoms. The summed E-state index contributed by atoms with van der Waals surface area (Å²) in [4.78, 5) is 14.9. The van der Waals surface area contributed by atoms with E-state index in [1.807, 2.05) is 6.92 Å². The van der Waals surface area contributed by atoms with Crippen LogP contribution in [0.3, 0.4) is 0 Å². The third-order valence-electron chi connectivity index (χ3n) is 2.06. The Bertz CT molecular complexity index is 237. The maximum absolute atomic E-state index is 10.8. The van der Waals surface area contributed by atoms with Crippen molar-refractivity contribution < 1.29 is 14.3 Å². The monoisotopic (exact) mass is 183 g/mol. The van der Waals surface area contributed by atoms with E-state index in [1.165, 1.54) is 6.40 Å². The fourth-order valence-corrected chi connectivity index (χ4v) is 1.02. The Morgan fingerprint density at radius 1 is 1.92 bits per heavy atom. The van der Waals surface area contributed by atoms with Gasteiger partial charge in [0.1, 0.15) is 18.8 Å². The van der Waals surface area contributed by atoms with Gasteiger partial charge in [-0.15, -0.1) is 0 Å². The molecule has 0 fully saturated rings. The van der Waals surface area contributed by atoms with Gasteiger partial charge in [0.15, 0.2) is 6.40 Å². The van der Waals surface area contributed by atoms with Crippen molar-refractivity contribution in [2.45, 2.75) is 18.9 Å². The zero-order valence-electron chi connectivity index (χ0n) is 7.66. The van der Waals surface area contributed by atoms with Gasteiger partial charge in [0.2, 0.25) is 0 Å². The second-order valence-corrected chi connectivity index (χ2v) is 2.94. The van der Waals surface area contributed by atoms with Crippen molar-refractivity contribution in [3.8, 4) is 0 Å². The molecule has 1 aliphatic rings. The molecular formula is C9H13NO3. The summed E-state index contributed by atoms with van der Waals surface area (Å²) in [6.07, 6.45) is 3.34. The Labute approximate surface area is 77.2 Å². The van der Waals surface area contributed by atoms with Crippen LogP contribution in [0.4, 0.5) is 0 Å². The third kappa shape index (κ3) is 2.31. The number of nitrogens with zero attached hydrogens (tertiary/aromatic N) is 1. The third-order valence-corrected chi connectivity index (χ3v) is 2.06. The summed E-state index contributed by atoms with van der Waals surface area (Å²) in [6.45, 7) is 6.02. The Balaban J connectivity index is 2.45. The summed E-state index contributed by atoms with van der Waals surface area (Å²) in [7, 11) is 0. The highest BCUT2D eigenvalue weighted by atomic mass is 16.5. The number of esters is 1. The molecule has 0 aromatic carbocycles. The van der Waals surface area contributed by atoms with Gasteiger partial charge in [-0.05, 0) is 6.42 Å². The van der Waals surface area contributed by atoms with Crippen LogP contribution in [0.1, 0.15) is 13.3 Å². The molecule has 0 spiro atoms. The van der Waals surface area contributed by atoms with Gasteiger partial charge in [0.05, 0.1) is 0 Å². The van der Waals surface area contributed by atoms with Gasteiger partial charge < -0.3 is 9.47 Å². The summed E-state index contributed by atoms with van der Waals surface area (Å²) in [6, 6.07) is 0. The maximum Gasteiger partial charge on any atom is 0.330 e. The first-order valence-electron chi connectivity index (χ1n) is 4.17. The molecule has 1 rings (SSSR count). The first kappa shape index (κ1) is 9.77. The molecule has 0 amide bonds. The van der Waals surface area contributed by atoms with Crippen molar-refractivity contribution in [1.29, 1.82) is 0 Å². The Kier molecular flexibility index (Phi) is 3.06. The largest absolute Gasteiger partial charge is 0.481 e. The Morgan fingerprint density at radius 3 is 3.15 bits per heavy atom. The number of aliphatic imine (C=N–C) groups is 1. The van der Waals surface area contributed by atoms with Gasteiger partial charge in [-0.3, -0.25) is 0 Å². The summed E-state index contributed by atoms with van der Waals surface area (Å²) in [5.74, 6) is -0.421. The second kappa shape index (κ2) is 4.07. The molecule has 0 bridgehead atoms. The smallest absolute Gasteiger partial charge is 0.330 e. The number of hydrogen-bond donors (Lipinski definition) is 0. The van der Waals surface area contributed by atoms with E-state index < -0.39 is 5.97 Å². The van der Waals surface area contributed by atoms with E-state index in [4.69, 9.17) is 9.47 Å². The molecule has 1 unspecified atom stereocenters. The van der Waals surface area contributed by atoms with Crippen LogP contribution in [0.5, 0.6) is 0 Å². The quantitative estimate of drug-likeness (QED) is 0.481. The van der Waals surface area contributed by atoms with Crippen molar-refractivity contribution in [3.63, 3.8) is 0 Å². The second-order valence-electron chi connectivity index (χ2n) is 2.94. The van der Waals surface area contributed by atoms with Gasteiger partial charge in [-0.25, -0.2) is 9.79 Å². The maximum atomic E-state index is 10.8. The summed E-state index contributed by atoms with van der Waals surface area (Å²) < 4.78 is 9.93. The van der Waals surface area contributed by atoms with E-state index in [1.54, 1.807) is 0 Å². The van der Waals surface area contributed by atoms with Crippen molar-refractivity contribution in [3.05, 3.63) is 12.7 Å². The first-order chi connectivity index (χ1) is 6.22. The van der Waals surface area contributed by atoms with Gasteiger partial charge in [0, 0.05) is 6.08 Å². The highest BCUT2D eigenvalue weighted by Gasteiger charge is 2.32. The van der Waals surface area contributed by atoms with Gasteiger partial charge in [0.25, 0.3) is 0 Å². The van der Waals surface area contributed by atoms with E-state index in [2.05, 4.69) is 11.6 Å². The number of rotatable bonds is 4. The minimum absolute atomic E-state index is 0.255. The highest BCUT2D eigenvalue weighted by Crippen LogP contribution is 2.20. The van der Waals surface area contributed by atoms with Crippen LogP contribution in [0.25, 0.3) is 0 Å². The first-order valence-corrected chi connectivity index (χ1v) is 4.17. The molecule has 0 radical (unpaired) electrons. The van der Waals surface area contributed by atoms with Crippen molar-refractivity contribution in [2.75, 3.05) is 13.2 Å². The summed E-state index contributed by atoms with van der Waals surface area (Å²) >= 11 is 0. The number of carbonyl (C=O) groups excluding carboxylic acids is 1. The topological polar surface area (TPSA) is 47.9 Å². The minimum atomic E-state index is -0.421. The predicted molar refractivity (Wildman–Crippen MR) is 48.6 cm³/mol. The summed E-state index contributed by atoms with van der Waals surface area (Å²) in [5, 5.41) is 0. The lowest BCUT2D eigenvalue weighted by atomic mass is 10.0. The lowest BCUT2D eigenvalue weighted by Crippen LogP contribution is -2.34. The van der Waals surface area contributed by atoms with Crippen LogP contribution in [-0.2, 0) is 14.3 Å². The summed E-state index contributed by atoms with van der Waals surface area (Å²) in [5.41, 5.74) is -0.376. The average Bonchev–Trinajstić information content (AvgIpc) is 2.63. The fraction of sp³-hybridized carbons (Fsp3) is 0.556. The molecule has 0 aliphatic carbocycles. The zero-order valence-corrected chi connectivity index (χ0v) is 7.66. The number of carbonyl (C=O) groups is 1. The van der Waals surface area contributed by atoms with Crippen LogP contribution in [0, 0.1) is 0 Å². The molecule has 0 N–H and O–H groups in total. The SMILES string of the molecule is C=CC(=O)OCC1(CC)COC=N1. The lowest BCUT2D eigenvalue weighted by Gasteiger charge is -2.21. The highest BCUT2D eigenvalue weighted by molar-refractivity contribution is 5.81. The van der Waals surface area contributed by atoms with Crippen LogP contribution in [0.15, 0.2) is 17.6 Å². The molecule has 0 aromatic rings. The normalized spacial score (nSPS) is 25.3. The molecule has 1 heterocycles. The molecule has 1 aliphatic heterocycles. The predicted octanol–water partition coefficient (Wildman–Crippen LogP) is 0.923. The molecule has 0 aromatic heterocycles. The van der Waals surface area contributed by atoms with E-state index in [9.17, 15) is 4.79 Å². The van der Waals surface area contributed by atoms with Gasteiger partial charge in [-0.1, -0.05) is 13.5 Å². The van der Waals surface area contributed by atoms with Crippen LogP contribution >= 0.6 is 0 Å². The molecule has 0 saturated heterocycles. The van der Waals surface area contributed by atoms with E-state index in [-0.39, 0.29) is 12.1 Å². The molecule has 4 heteroatoms. The van der Waals surface area contributed by atoms with Crippen LogP contribution in [0.2, 0.25) is 0 Å². The molecular weight excluding hydrogens is 170 g/mol. The Morgan fingerprint density at radius 2 is 2.69 bits per heavy atom. The molecule has 0 saturated carbocycles. The van der Waals surface area contributed by atoms with Crippen LogP contribution in [-0.4, -0.2) is 31.1 Å². The van der Waals surface area contributed by atoms with E-state index >= 15 is 0 Å². The van der Waals surface area contributed by atoms with E-state index in [0.717, 1.165) is 12.5 Å². The number of ether oxygens (including phenoxy) is 2. The fourth-order valence-electron chi connectivity index (χ4n) is 1.02. The van der Waals surface area contributed by atoms with E-state index in [0.29, 0.717) is 6.61 Å². The molecule has 4 nitrogen and oxygen atoms in total. The molecule has 72 valence electrons. The van der Waals surface area contributed by atoms with Gasteiger partial charge >= 0.3 is 5.97 Å². The molecule has 1 atom stereocenters. The lowest BCUT2D eigenvalue weighted by molar-refractivity contribution is -0.139. The van der Waals surface area contributed by atoms with Gasteiger partial charge in [-0.2, -0.15) is 0 Å². The Hall–Kier alpha value is -1.32. The van der Waals surface area contributed by atoms with Crippen molar-refractivity contribution in [2.24, 2.45) is 4.99 Å². The van der Waals surface area contributed by atoms with Crippen LogP contribution < -0.4 is 0 Å². The average molecular weight is 183 g/mol. The number of hydrogen-bond acceptors (Lipinski definition) is 4. The zero-order chi connectivity index (χ0) is 9.73. The van der Waals surface area contributed by atoms with Crippen molar-refractivity contribution in [1.82, 2.24) is 0 Å². The minimum Gasteiger partial charge on any atom is -0.481 e.